The number of ether oxygens (including phenoxy) is 1. The maximum absolute atomic E-state index is 13.3. The predicted molar refractivity (Wildman–Crippen MR) is 131 cm³/mol. The number of thiophene rings is 1. The van der Waals surface area contributed by atoms with Crippen LogP contribution in [0.2, 0.25) is 5.02 Å². The summed E-state index contributed by atoms with van der Waals surface area (Å²) in [7, 11) is 0. The van der Waals surface area contributed by atoms with Gasteiger partial charge < -0.3 is 15.4 Å². The third-order valence-electron chi connectivity index (χ3n) is 5.24. The molecule has 3 heterocycles. The van der Waals surface area contributed by atoms with Gasteiger partial charge in [0.15, 0.2) is 0 Å². The zero-order valence-corrected chi connectivity index (χ0v) is 19.1. The lowest BCUT2D eigenvalue weighted by molar-refractivity contribution is 0.306. The van der Waals surface area contributed by atoms with E-state index < -0.39 is 0 Å². The SMILES string of the molecule is Fc1cccc(COc2ccc(Nc3ncnc4sc(C#C[C@@H]5CCCN5)cc34)cc2Cl)c1. The van der Waals surface area contributed by atoms with Crippen molar-refractivity contribution in [1.29, 1.82) is 0 Å². The highest BCUT2D eigenvalue weighted by molar-refractivity contribution is 7.19. The Morgan fingerprint density at radius 3 is 2.97 bits per heavy atom. The quantitative estimate of drug-likeness (QED) is 0.349. The number of anilines is 2. The van der Waals surface area contributed by atoms with E-state index in [-0.39, 0.29) is 18.5 Å². The number of hydrogen-bond acceptors (Lipinski definition) is 6. The normalized spacial score (nSPS) is 15.3. The summed E-state index contributed by atoms with van der Waals surface area (Å²) in [5, 5.41) is 8.06. The van der Waals surface area contributed by atoms with Gasteiger partial charge in [0, 0.05) is 5.69 Å². The van der Waals surface area contributed by atoms with Crippen molar-refractivity contribution in [3.05, 3.63) is 76.1 Å². The third kappa shape index (κ3) is 5.25. The zero-order chi connectivity index (χ0) is 22.6. The summed E-state index contributed by atoms with van der Waals surface area (Å²) in [6.07, 6.45) is 3.80. The summed E-state index contributed by atoms with van der Waals surface area (Å²) in [5.41, 5.74) is 1.50. The Hall–Kier alpha value is -3.18. The van der Waals surface area contributed by atoms with Crippen molar-refractivity contribution in [3.8, 4) is 17.6 Å². The molecular weight excluding hydrogens is 459 g/mol. The van der Waals surface area contributed by atoms with Crippen LogP contribution in [0.25, 0.3) is 10.2 Å². The minimum Gasteiger partial charge on any atom is -0.487 e. The molecule has 5 nitrogen and oxygen atoms in total. The molecule has 2 aromatic heterocycles. The lowest BCUT2D eigenvalue weighted by Crippen LogP contribution is -2.18. The van der Waals surface area contributed by atoms with Crippen molar-refractivity contribution in [2.45, 2.75) is 25.5 Å². The molecule has 1 aliphatic heterocycles. The van der Waals surface area contributed by atoms with Crippen LogP contribution in [0.1, 0.15) is 23.3 Å². The lowest BCUT2D eigenvalue weighted by Gasteiger charge is -2.11. The number of nitrogens with one attached hydrogen (secondary N) is 2. The number of fused-ring (bicyclic) bond motifs is 1. The average molecular weight is 479 g/mol. The van der Waals surface area contributed by atoms with Gasteiger partial charge in [0.05, 0.1) is 21.3 Å². The van der Waals surface area contributed by atoms with Gasteiger partial charge in [0.1, 0.15) is 35.1 Å². The molecule has 5 rings (SSSR count). The topological polar surface area (TPSA) is 59.1 Å². The summed E-state index contributed by atoms with van der Waals surface area (Å²) in [6, 6.07) is 14.0. The van der Waals surface area contributed by atoms with Crippen LogP contribution >= 0.6 is 22.9 Å². The molecule has 166 valence electrons. The fourth-order valence-electron chi connectivity index (χ4n) is 3.60. The van der Waals surface area contributed by atoms with Gasteiger partial charge in [-0.25, -0.2) is 14.4 Å². The van der Waals surface area contributed by atoms with E-state index in [2.05, 4.69) is 32.4 Å². The Morgan fingerprint density at radius 1 is 1.21 bits per heavy atom. The highest BCUT2D eigenvalue weighted by Crippen LogP contribution is 2.33. The molecule has 0 amide bonds. The van der Waals surface area contributed by atoms with E-state index in [0.29, 0.717) is 16.6 Å². The molecule has 1 atom stereocenters. The van der Waals surface area contributed by atoms with Crippen LogP contribution in [0.3, 0.4) is 0 Å². The first-order valence-electron chi connectivity index (χ1n) is 10.6. The fraction of sp³-hybridized carbons (Fsp3) is 0.200. The molecule has 4 aromatic rings. The van der Waals surface area contributed by atoms with Gasteiger partial charge in [-0.2, -0.15) is 0 Å². The van der Waals surface area contributed by atoms with Crippen LogP contribution in [-0.4, -0.2) is 22.6 Å². The predicted octanol–water partition coefficient (Wildman–Crippen LogP) is 5.91. The van der Waals surface area contributed by atoms with Crippen molar-refractivity contribution < 1.29 is 9.13 Å². The average Bonchev–Trinajstić information content (AvgIpc) is 3.47. The van der Waals surface area contributed by atoms with Crippen molar-refractivity contribution in [1.82, 2.24) is 15.3 Å². The highest BCUT2D eigenvalue weighted by atomic mass is 35.5. The molecule has 0 unspecified atom stereocenters. The van der Waals surface area contributed by atoms with Crippen molar-refractivity contribution in [2.24, 2.45) is 0 Å². The number of nitrogens with zero attached hydrogens (tertiary/aromatic N) is 2. The third-order valence-corrected chi connectivity index (χ3v) is 6.49. The van der Waals surface area contributed by atoms with E-state index in [1.165, 1.54) is 24.9 Å². The second-order valence-electron chi connectivity index (χ2n) is 7.66. The molecule has 1 saturated heterocycles. The van der Waals surface area contributed by atoms with Gasteiger partial charge >= 0.3 is 0 Å². The molecule has 0 spiro atoms. The largest absolute Gasteiger partial charge is 0.487 e. The van der Waals surface area contributed by atoms with Gasteiger partial charge in [-0.05, 0) is 61.3 Å². The smallest absolute Gasteiger partial charge is 0.142 e. The molecular formula is C25H20ClFN4OS. The standard InChI is InChI=1S/C25H20ClFN4OS/c26-22-12-19(7-9-23(22)32-14-16-3-1-4-17(27)11-16)31-24-21-13-20(33-25(21)30-15-29-24)8-6-18-5-2-10-28-18/h1,3-4,7,9,11-13,15,18,28H,2,5,10,14H2,(H,29,30,31)/t18-/m0/s1. The molecule has 1 aliphatic rings. The number of halogens is 2. The maximum atomic E-state index is 13.3. The Balaban J connectivity index is 1.31. The minimum atomic E-state index is -0.296. The Bertz CT molecular complexity index is 1360. The second-order valence-corrected chi connectivity index (χ2v) is 9.10. The van der Waals surface area contributed by atoms with E-state index in [4.69, 9.17) is 16.3 Å². The van der Waals surface area contributed by atoms with E-state index in [1.54, 1.807) is 35.6 Å². The van der Waals surface area contributed by atoms with Crippen molar-refractivity contribution in [3.63, 3.8) is 0 Å². The van der Waals surface area contributed by atoms with Gasteiger partial charge in [-0.3, -0.25) is 0 Å². The number of rotatable bonds is 5. The molecule has 33 heavy (non-hydrogen) atoms. The second kappa shape index (κ2) is 9.75. The van der Waals surface area contributed by atoms with Crippen molar-refractivity contribution in [2.75, 3.05) is 11.9 Å². The fourth-order valence-corrected chi connectivity index (χ4v) is 4.70. The number of benzene rings is 2. The zero-order valence-electron chi connectivity index (χ0n) is 17.6. The van der Waals surface area contributed by atoms with Crippen LogP contribution in [0.5, 0.6) is 5.75 Å². The molecule has 2 N–H and O–H groups in total. The molecule has 8 heteroatoms. The molecule has 0 saturated carbocycles. The summed E-state index contributed by atoms with van der Waals surface area (Å²) in [6.45, 7) is 1.26. The molecule has 0 bridgehead atoms. The van der Waals surface area contributed by atoms with Gasteiger partial charge in [-0.15, -0.1) is 11.3 Å². The first kappa shape index (κ1) is 21.7. The Kier molecular flexibility index (Phi) is 6.40. The van der Waals surface area contributed by atoms with E-state index in [0.717, 1.165) is 39.3 Å². The highest BCUT2D eigenvalue weighted by Gasteiger charge is 2.12. The van der Waals surface area contributed by atoms with Gasteiger partial charge in [0.2, 0.25) is 0 Å². The Morgan fingerprint density at radius 2 is 2.15 bits per heavy atom. The lowest BCUT2D eigenvalue weighted by atomic mass is 10.2. The molecule has 0 aliphatic carbocycles. The summed E-state index contributed by atoms with van der Waals surface area (Å²) < 4.78 is 19.1. The van der Waals surface area contributed by atoms with E-state index in [9.17, 15) is 4.39 Å². The number of aromatic nitrogens is 2. The molecule has 0 radical (unpaired) electrons. The monoisotopic (exact) mass is 478 g/mol. The maximum Gasteiger partial charge on any atom is 0.142 e. The summed E-state index contributed by atoms with van der Waals surface area (Å²) >= 11 is 7.98. The van der Waals surface area contributed by atoms with E-state index >= 15 is 0 Å². The van der Waals surface area contributed by atoms with Crippen LogP contribution in [-0.2, 0) is 6.61 Å². The first-order valence-corrected chi connectivity index (χ1v) is 11.8. The van der Waals surface area contributed by atoms with Gasteiger partial charge in [-0.1, -0.05) is 35.6 Å². The summed E-state index contributed by atoms with van der Waals surface area (Å²) in [5.74, 6) is 7.47. The molecule has 1 fully saturated rings. The van der Waals surface area contributed by atoms with Crippen molar-refractivity contribution >= 4 is 44.7 Å². The van der Waals surface area contributed by atoms with E-state index in [1.807, 2.05) is 12.1 Å². The van der Waals surface area contributed by atoms with Crippen LogP contribution in [0, 0.1) is 17.7 Å². The summed E-state index contributed by atoms with van der Waals surface area (Å²) in [4.78, 5) is 10.6. The van der Waals surface area contributed by atoms with Gasteiger partial charge in [0.25, 0.3) is 0 Å². The number of hydrogen-bond donors (Lipinski definition) is 2. The van der Waals surface area contributed by atoms with Crippen LogP contribution in [0.15, 0.2) is 54.9 Å². The van der Waals surface area contributed by atoms with Crippen LogP contribution in [0.4, 0.5) is 15.9 Å². The minimum absolute atomic E-state index is 0.228. The first-order chi connectivity index (χ1) is 16.1. The Labute approximate surface area is 200 Å². The molecule has 2 aromatic carbocycles. The van der Waals surface area contributed by atoms with Crippen LogP contribution < -0.4 is 15.4 Å².